The summed E-state index contributed by atoms with van der Waals surface area (Å²) in [4.78, 5) is 41.0. The number of hydrogen-bond donors (Lipinski definition) is 2. The van der Waals surface area contributed by atoms with Crippen molar-refractivity contribution in [3.63, 3.8) is 0 Å². The topological polar surface area (TPSA) is 103 Å². The van der Waals surface area contributed by atoms with Gasteiger partial charge < -0.3 is 20.4 Å². The molecule has 0 atom stereocenters. The lowest BCUT2D eigenvalue weighted by Crippen LogP contribution is -2.45. The number of anilines is 4. The molecule has 0 aliphatic carbocycles. The molecule has 1 saturated heterocycles. The van der Waals surface area contributed by atoms with Crippen molar-refractivity contribution in [3.8, 4) is 11.3 Å². The molecule has 2 aromatic carbocycles. The van der Waals surface area contributed by atoms with E-state index in [1.807, 2.05) is 55.5 Å². The SMILES string of the molecule is Cc1ccc(C(=O)Nc2ccc(N3CCN(C=O)CC3)cc2)cc1Nc1nccc(-c2cccnc2)n1. The van der Waals surface area contributed by atoms with Crippen molar-refractivity contribution in [2.45, 2.75) is 6.92 Å². The molecular weight excluding hydrogens is 466 g/mol. The van der Waals surface area contributed by atoms with Gasteiger partial charge in [0, 0.05) is 73.0 Å². The largest absolute Gasteiger partial charge is 0.368 e. The van der Waals surface area contributed by atoms with Gasteiger partial charge in [-0.15, -0.1) is 0 Å². The molecular formula is C28H27N7O2. The molecule has 4 aromatic rings. The number of nitrogens with zero attached hydrogens (tertiary/aromatic N) is 5. The second-order valence-electron chi connectivity index (χ2n) is 8.79. The lowest BCUT2D eigenvalue weighted by Gasteiger charge is -2.34. The Hall–Kier alpha value is -4.79. The summed E-state index contributed by atoms with van der Waals surface area (Å²) in [5, 5.41) is 6.21. The Balaban J connectivity index is 1.26. The summed E-state index contributed by atoms with van der Waals surface area (Å²) in [7, 11) is 0. The highest BCUT2D eigenvalue weighted by atomic mass is 16.1. The molecule has 0 radical (unpaired) electrons. The highest BCUT2D eigenvalue weighted by Crippen LogP contribution is 2.24. The van der Waals surface area contributed by atoms with Crippen LogP contribution in [0.25, 0.3) is 11.3 Å². The fraction of sp³-hybridized carbons (Fsp3) is 0.179. The zero-order valence-electron chi connectivity index (χ0n) is 20.5. The van der Waals surface area contributed by atoms with E-state index >= 15 is 0 Å². The molecule has 9 nitrogen and oxygen atoms in total. The number of aryl methyl sites for hydroxylation is 1. The van der Waals surface area contributed by atoms with E-state index < -0.39 is 0 Å². The maximum atomic E-state index is 13.0. The average molecular weight is 494 g/mol. The zero-order valence-corrected chi connectivity index (χ0v) is 20.5. The van der Waals surface area contributed by atoms with Crippen LogP contribution in [0.2, 0.25) is 0 Å². The molecule has 5 rings (SSSR count). The number of rotatable bonds is 7. The van der Waals surface area contributed by atoms with Crippen LogP contribution in [-0.4, -0.2) is 58.3 Å². The Morgan fingerprint density at radius 2 is 1.78 bits per heavy atom. The Morgan fingerprint density at radius 1 is 0.973 bits per heavy atom. The van der Waals surface area contributed by atoms with Crippen LogP contribution in [0.5, 0.6) is 0 Å². The third-order valence-corrected chi connectivity index (χ3v) is 6.31. The number of nitrogens with one attached hydrogen (secondary N) is 2. The summed E-state index contributed by atoms with van der Waals surface area (Å²) in [6.07, 6.45) is 6.06. The van der Waals surface area contributed by atoms with Crippen molar-refractivity contribution >= 4 is 35.3 Å². The van der Waals surface area contributed by atoms with Crippen LogP contribution in [0.15, 0.2) is 79.3 Å². The van der Waals surface area contributed by atoms with Crippen LogP contribution in [0.3, 0.4) is 0 Å². The maximum Gasteiger partial charge on any atom is 0.255 e. The summed E-state index contributed by atoms with van der Waals surface area (Å²) >= 11 is 0. The number of benzene rings is 2. The third-order valence-electron chi connectivity index (χ3n) is 6.31. The van der Waals surface area contributed by atoms with E-state index in [-0.39, 0.29) is 5.91 Å². The molecule has 0 unspecified atom stereocenters. The number of carbonyl (C=O) groups is 2. The standard InChI is InChI=1S/C28H27N7O2/c1-20-4-5-21(17-26(20)33-28-30-12-10-25(32-28)22-3-2-11-29-18-22)27(37)31-23-6-8-24(9-7-23)35-15-13-34(19-36)14-16-35/h2-12,17-19H,13-16H2,1H3,(H,31,37)(H,30,32,33). The van der Waals surface area contributed by atoms with Gasteiger partial charge in [-0.2, -0.15) is 0 Å². The van der Waals surface area contributed by atoms with Gasteiger partial charge in [0.15, 0.2) is 0 Å². The molecule has 0 spiro atoms. The minimum Gasteiger partial charge on any atom is -0.368 e. The number of piperazine rings is 1. The first-order chi connectivity index (χ1) is 18.1. The highest BCUT2D eigenvalue weighted by molar-refractivity contribution is 6.05. The normalized spacial score (nSPS) is 13.2. The quantitative estimate of drug-likeness (QED) is 0.373. The Labute approximate surface area is 215 Å². The number of hydrogen-bond acceptors (Lipinski definition) is 7. The summed E-state index contributed by atoms with van der Waals surface area (Å²) in [5.74, 6) is 0.229. The maximum absolute atomic E-state index is 13.0. The fourth-order valence-corrected chi connectivity index (χ4v) is 4.16. The first-order valence-electron chi connectivity index (χ1n) is 12.1. The van der Waals surface area contributed by atoms with Gasteiger partial charge in [0.2, 0.25) is 12.4 Å². The molecule has 2 amide bonds. The van der Waals surface area contributed by atoms with Crippen LogP contribution < -0.4 is 15.5 Å². The number of amides is 2. The molecule has 1 aliphatic heterocycles. The summed E-state index contributed by atoms with van der Waals surface area (Å²) in [5.41, 5.74) is 5.66. The Morgan fingerprint density at radius 3 is 2.51 bits per heavy atom. The third kappa shape index (κ3) is 5.72. The first kappa shape index (κ1) is 23.9. The first-order valence-corrected chi connectivity index (χ1v) is 12.1. The average Bonchev–Trinajstić information content (AvgIpc) is 2.95. The summed E-state index contributed by atoms with van der Waals surface area (Å²) in [6.45, 7) is 4.97. The van der Waals surface area contributed by atoms with E-state index in [1.165, 1.54) is 0 Å². The monoisotopic (exact) mass is 493 g/mol. The second-order valence-corrected chi connectivity index (χ2v) is 8.79. The van der Waals surface area contributed by atoms with Crippen LogP contribution in [0, 0.1) is 6.92 Å². The van der Waals surface area contributed by atoms with Gasteiger partial charge >= 0.3 is 0 Å². The van der Waals surface area contributed by atoms with Crippen molar-refractivity contribution in [2.24, 2.45) is 0 Å². The molecule has 186 valence electrons. The molecule has 3 heterocycles. The summed E-state index contributed by atoms with van der Waals surface area (Å²) < 4.78 is 0. The van der Waals surface area contributed by atoms with Crippen LogP contribution in [0.1, 0.15) is 15.9 Å². The van der Waals surface area contributed by atoms with E-state index in [4.69, 9.17) is 0 Å². The van der Waals surface area contributed by atoms with Gasteiger partial charge in [0.1, 0.15) is 0 Å². The minimum absolute atomic E-state index is 0.208. The summed E-state index contributed by atoms with van der Waals surface area (Å²) in [6, 6.07) is 18.9. The van der Waals surface area contributed by atoms with Gasteiger partial charge in [0.25, 0.3) is 5.91 Å². The van der Waals surface area contributed by atoms with E-state index in [0.717, 1.165) is 47.7 Å². The van der Waals surface area contributed by atoms with Gasteiger partial charge in [-0.25, -0.2) is 9.97 Å². The van der Waals surface area contributed by atoms with E-state index in [0.29, 0.717) is 30.3 Å². The number of pyridine rings is 1. The molecule has 0 bridgehead atoms. The van der Waals surface area contributed by atoms with Crippen molar-refractivity contribution in [3.05, 3.63) is 90.4 Å². The molecule has 0 saturated carbocycles. The lowest BCUT2D eigenvalue weighted by atomic mass is 10.1. The smallest absolute Gasteiger partial charge is 0.255 e. The predicted molar refractivity (Wildman–Crippen MR) is 144 cm³/mol. The van der Waals surface area contributed by atoms with Gasteiger partial charge in [-0.3, -0.25) is 14.6 Å². The lowest BCUT2D eigenvalue weighted by molar-refractivity contribution is -0.118. The van der Waals surface area contributed by atoms with Gasteiger partial charge in [-0.1, -0.05) is 6.07 Å². The number of aromatic nitrogens is 3. The van der Waals surface area contributed by atoms with Crippen LogP contribution in [0.4, 0.5) is 23.0 Å². The molecule has 37 heavy (non-hydrogen) atoms. The minimum atomic E-state index is -0.208. The van der Waals surface area contributed by atoms with Crippen molar-refractivity contribution in [1.82, 2.24) is 19.9 Å². The van der Waals surface area contributed by atoms with Crippen LogP contribution in [-0.2, 0) is 4.79 Å². The molecule has 1 aliphatic rings. The Kier molecular flexibility index (Phi) is 7.02. The van der Waals surface area contributed by atoms with Crippen molar-refractivity contribution < 1.29 is 9.59 Å². The molecule has 2 N–H and O–H groups in total. The van der Waals surface area contributed by atoms with Crippen LogP contribution >= 0.6 is 0 Å². The molecule has 9 heteroatoms. The van der Waals surface area contributed by atoms with Crippen molar-refractivity contribution in [2.75, 3.05) is 41.7 Å². The fourth-order valence-electron chi connectivity index (χ4n) is 4.16. The van der Waals surface area contributed by atoms with Gasteiger partial charge in [-0.05, 0) is 67.1 Å². The highest BCUT2D eigenvalue weighted by Gasteiger charge is 2.16. The van der Waals surface area contributed by atoms with Gasteiger partial charge in [0.05, 0.1) is 5.69 Å². The number of carbonyl (C=O) groups excluding carboxylic acids is 2. The van der Waals surface area contributed by atoms with Crippen molar-refractivity contribution in [1.29, 1.82) is 0 Å². The van der Waals surface area contributed by atoms with E-state index in [1.54, 1.807) is 35.6 Å². The zero-order chi connectivity index (χ0) is 25.6. The molecule has 1 fully saturated rings. The Bertz CT molecular complexity index is 1390. The predicted octanol–water partition coefficient (Wildman–Crippen LogP) is 4.12. The second kappa shape index (κ2) is 10.9. The molecule has 2 aromatic heterocycles. The van der Waals surface area contributed by atoms with E-state index in [9.17, 15) is 9.59 Å². The van der Waals surface area contributed by atoms with E-state index in [2.05, 4.69) is 30.5 Å².